The molecule has 0 atom stereocenters. The Morgan fingerprint density at radius 3 is 2.37 bits per heavy atom. The van der Waals surface area contributed by atoms with E-state index in [4.69, 9.17) is 0 Å². The van der Waals surface area contributed by atoms with E-state index in [2.05, 4.69) is 15.8 Å². The van der Waals surface area contributed by atoms with Gasteiger partial charge in [-0.15, -0.1) is 0 Å². The molecule has 0 aromatic heterocycles. The molecule has 102 valence electrons. The monoisotopic (exact) mass is 261 g/mol. The summed E-state index contributed by atoms with van der Waals surface area (Å²) >= 11 is 0. The lowest BCUT2D eigenvalue weighted by Gasteiger charge is -2.04. The van der Waals surface area contributed by atoms with Crippen LogP contribution in [0.2, 0.25) is 0 Å². The summed E-state index contributed by atoms with van der Waals surface area (Å²) in [4.78, 5) is 23.0. The SMILES string of the molecule is CCC(C)=NNC(=O)CCC(=O)Nc1ccccc1. The van der Waals surface area contributed by atoms with E-state index in [0.29, 0.717) is 0 Å². The summed E-state index contributed by atoms with van der Waals surface area (Å²) < 4.78 is 0. The van der Waals surface area contributed by atoms with Crippen molar-refractivity contribution in [2.45, 2.75) is 33.1 Å². The van der Waals surface area contributed by atoms with E-state index in [0.717, 1.165) is 17.8 Å². The molecule has 0 unspecified atom stereocenters. The molecule has 1 aromatic rings. The van der Waals surface area contributed by atoms with Crippen molar-refractivity contribution in [1.29, 1.82) is 0 Å². The molecule has 0 fully saturated rings. The minimum Gasteiger partial charge on any atom is -0.326 e. The average Bonchev–Trinajstić information content (AvgIpc) is 2.43. The number of carbonyl (C=O) groups excluding carboxylic acids is 2. The van der Waals surface area contributed by atoms with Gasteiger partial charge in [0.2, 0.25) is 11.8 Å². The van der Waals surface area contributed by atoms with Gasteiger partial charge in [-0.1, -0.05) is 25.1 Å². The van der Waals surface area contributed by atoms with E-state index in [1.165, 1.54) is 0 Å². The van der Waals surface area contributed by atoms with Crippen molar-refractivity contribution >= 4 is 23.2 Å². The highest BCUT2D eigenvalue weighted by Crippen LogP contribution is 2.05. The fourth-order valence-corrected chi connectivity index (χ4v) is 1.26. The predicted octanol–water partition coefficient (Wildman–Crippen LogP) is 2.31. The number of anilines is 1. The molecule has 0 saturated heterocycles. The van der Waals surface area contributed by atoms with Crippen LogP contribution in [0.5, 0.6) is 0 Å². The van der Waals surface area contributed by atoms with E-state index in [1.54, 1.807) is 12.1 Å². The zero-order chi connectivity index (χ0) is 14.1. The van der Waals surface area contributed by atoms with Crippen LogP contribution in [-0.2, 0) is 9.59 Å². The maximum absolute atomic E-state index is 11.6. The molecular weight excluding hydrogens is 242 g/mol. The fourth-order valence-electron chi connectivity index (χ4n) is 1.26. The lowest BCUT2D eigenvalue weighted by Crippen LogP contribution is -2.21. The number of carbonyl (C=O) groups is 2. The number of nitrogens with zero attached hydrogens (tertiary/aromatic N) is 1. The molecule has 0 radical (unpaired) electrons. The first-order chi connectivity index (χ1) is 9.11. The molecule has 1 rings (SSSR count). The van der Waals surface area contributed by atoms with Crippen LogP contribution in [0.1, 0.15) is 33.1 Å². The average molecular weight is 261 g/mol. The number of nitrogens with one attached hydrogen (secondary N) is 2. The molecule has 2 N–H and O–H groups in total. The van der Waals surface area contributed by atoms with Gasteiger partial charge in [0.1, 0.15) is 0 Å². The van der Waals surface area contributed by atoms with Gasteiger partial charge in [-0.3, -0.25) is 9.59 Å². The van der Waals surface area contributed by atoms with Crippen LogP contribution in [0.3, 0.4) is 0 Å². The van der Waals surface area contributed by atoms with Crippen molar-refractivity contribution in [2.75, 3.05) is 5.32 Å². The van der Waals surface area contributed by atoms with Crippen molar-refractivity contribution in [3.05, 3.63) is 30.3 Å². The molecule has 0 aliphatic rings. The minimum atomic E-state index is -0.254. The number of hydrazone groups is 1. The highest BCUT2D eigenvalue weighted by atomic mass is 16.2. The summed E-state index contributed by atoms with van der Waals surface area (Å²) in [7, 11) is 0. The van der Waals surface area contributed by atoms with Crippen LogP contribution in [0.25, 0.3) is 0 Å². The smallest absolute Gasteiger partial charge is 0.240 e. The second-order valence-electron chi connectivity index (χ2n) is 4.15. The summed E-state index contributed by atoms with van der Waals surface area (Å²) in [6, 6.07) is 9.14. The summed E-state index contributed by atoms with van der Waals surface area (Å²) in [5.41, 5.74) is 4.00. The molecule has 0 aliphatic heterocycles. The Balaban J connectivity index is 2.29. The van der Waals surface area contributed by atoms with Gasteiger partial charge in [0, 0.05) is 24.2 Å². The van der Waals surface area contributed by atoms with Crippen LogP contribution in [0.4, 0.5) is 5.69 Å². The number of para-hydroxylation sites is 1. The summed E-state index contributed by atoms with van der Waals surface area (Å²) in [5, 5.41) is 6.61. The van der Waals surface area contributed by atoms with Gasteiger partial charge >= 0.3 is 0 Å². The first-order valence-corrected chi connectivity index (χ1v) is 6.28. The Hall–Kier alpha value is -2.17. The van der Waals surface area contributed by atoms with Gasteiger partial charge in [0.15, 0.2) is 0 Å². The van der Waals surface area contributed by atoms with Crippen molar-refractivity contribution in [3.63, 3.8) is 0 Å². The molecule has 2 amide bonds. The van der Waals surface area contributed by atoms with E-state index in [-0.39, 0.29) is 24.7 Å². The molecule has 19 heavy (non-hydrogen) atoms. The van der Waals surface area contributed by atoms with E-state index in [9.17, 15) is 9.59 Å². The molecule has 5 heteroatoms. The Kier molecular flexibility index (Phi) is 6.29. The van der Waals surface area contributed by atoms with Crippen molar-refractivity contribution in [3.8, 4) is 0 Å². The fraction of sp³-hybridized carbons (Fsp3) is 0.357. The highest BCUT2D eigenvalue weighted by molar-refractivity contribution is 5.93. The first-order valence-electron chi connectivity index (χ1n) is 6.28. The molecule has 0 spiro atoms. The van der Waals surface area contributed by atoms with Gasteiger partial charge in [-0.05, 0) is 25.5 Å². The van der Waals surface area contributed by atoms with Crippen molar-refractivity contribution < 1.29 is 9.59 Å². The molecule has 0 saturated carbocycles. The van der Waals surface area contributed by atoms with Gasteiger partial charge in [-0.25, -0.2) is 5.43 Å². The quantitative estimate of drug-likeness (QED) is 0.609. The largest absolute Gasteiger partial charge is 0.326 e. The standard InChI is InChI=1S/C14H19N3O2/c1-3-11(2)16-17-14(19)10-9-13(18)15-12-7-5-4-6-8-12/h4-8H,3,9-10H2,1-2H3,(H,15,18)(H,17,19). The number of benzene rings is 1. The molecule has 0 aliphatic carbocycles. The summed E-state index contributed by atoms with van der Waals surface area (Å²) in [6.07, 6.45) is 1.05. The van der Waals surface area contributed by atoms with E-state index >= 15 is 0 Å². The first kappa shape index (κ1) is 14.9. The Morgan fingerprint density at radius 1 is 1.11 bits per heavy atom. The number of rotatable bonds is 6. The van der Waals surface area contributed by atoms with Gasteiger partial charge < -0.3 is 5.32 Å². The van der Waals surface area contributed by atoms with Crippen LogP contribution in [0, 0.1) is 0 Å². The third kappa shape index (κ3) is 6.35. The Bertz CT molecular complexity index is 455. The zero-order valence-corrected chi connectivity index (χ0v) is 11.3. The third-order valence-corrected chi connectivity index (χ3v) is 2.52. The normalized spacial score (nSPS) is 10.9. The van der Waals surface area contributed by atoms with Crippen LogP contribution >= 0.6 is 0 Å². The third-order valence-electron chi connectivity index (χ3n) is 2.52. The maximum atomic E-state index is 11.6. The van der Waals surface area contributed by atoms with Crippen LogP contribution in [-0.4, -0.2) is 17.5 Å². The Labute approximate surface area is 113 Å². The Morgan fingerprint density at radius 2 is 1.74 bits per heavy atom. The van der Waals surface area contributed by atoms with Crippen LogP contribution < -0.4 is 10.7 Å². The topological polar surface area (TPSA) is 70.6 Å². The summed E-state index contributed by atoms with van der Waals surface area (Å²) in [5.74, 6) is -0.437. The van der Waals surface area contributed by atoms with Crippen molar-refractivity contribution in [1.82, 2.24) is 5.43 Å². The maximum Gasteiger partial charge on any atom is 0.240 e. The lowest BCUT2D eigenvalue weighted by atomic mass is 10.2. The molecule has 0 bridgehead atoms. The predicted molar refractivity (Wildman–Crippen MR) is 75.8 cm³/mol. The second-order valence-corrected chi connectivity index (χ2v) is 4.15. The molecular formula is C14H19N3O2. The van der Waals surface area contributed by atoms with Gasteiger partial charge in [0.25, 0.3) is 0 Å². The molecule has 5 nitrogen and oxygen atoms in total. The zero-order valence-electron chi connectivity index (χ0n) is 11.3. The number of hydrogen-bond donors (Lipinski definition) is 2. The molecule has 1 aromatic carbocycles. The summed E-state index contributed by atoms with van der Waals surface area (Å²) in [6.45, 7) is 3.79. The number of amides is 2. The van der Waals surface area contributed by atoms with Gasteiger partial charge in [-0.2, -0.15) is 5.10 Å². The lowest BCUT2D eigenvalue weighted by molar-refractivity contribution is -0.124. The second kappa shape index (κ2) is 8.02. The minimum absolute atomic E-state index is 0.124. The number of hydrogen-bond acceptors (Lipinski definition) is 3. The van der Waals surface area contributed by atoms with Crippen LogP contribution in [0.15, 0.2) is 35.4 Å². The van der Waals surface area contributed by atoms with E-state index in [1.807, 2.05) is 32.0 Å². The highest BCUT2D eigenvalue weighted by Gasteiger charge is 2.06. The van der Waals surface area contributed by atoms with Crippen molar-refractivity contribution in [2.24, 2.45) is 5.10 Å². The van der Waals surface area contributed by atoms with Gasteiger partial charge in [0.05, 0.1) is 0 Å². The van der Waals surface area contributed by atoms with E-state index < -0.39 is 0 Å². The molecule has 0 heterocycles.